The second kappa shape index (κ2) is 8.61. The molecule has 5 nitrogen and oxygen atoms in total. The van der Waals surface area contributed by atoms with E-state index in [0.717, 1.165) is 28.0 Å². The summed E-state index contributed by atoms with van der Waals surface area (Å²) in [6, 6.07) is 26.5. The Morgan fingerprint density at radius 3 is 2.34 bits per heavy atom. The average Bonchev–Trinajstić information content (AvgIpc) is 2.78. The highest BCUT2D eigenvalue weighted by Gasteiger charge is 2.11. The Bertz CT molecular complexity index is 1080. The van der Waals surface area contributed by atoms with Gasteiger partial charge in [0.1, 0.15) is 11.6 Å². The number of para-hydroxylation sites is 1. The molecule has 0 aliphatic carbocycles. The summed E-state index contributed by atoms with van der Waals surface area (Å²) < 4.78 is 5.22. The molecule has 0 spiro atoms. The van der Waals surface area contributed by atoms with Crippen LogP contribution in [0.5, 0.6) is 5.75 Å². The molecule has 1 atom stereocenters. The van der Waals surface area contributed by atoms with Gasteiger partial charge in [-0.1, -0.05) is 54.6 Å². The lowest BCUT2D eigenvalue weighted by molar-refractivity contribution is 0.414. The number of ether oxygens (including phenoxy) is 1. The number of nitrogens with one attached hydrogen (secondary N) is 2. The van der Waals surface area contributed by atoms with Gasteiger partial charge in [0, 0.05) is 18.0 Å². The molecule has 1 unspecified atom stereocenters. The lowest BCUT2D eigenvalue weighted by Gasteiger charge is -2.17. The van der Waals surface area contributed by atoms with Crippen molar-refractivity contribution in [3.05, 3.63) is 90.0 Å². The molecular weight excluding hydrogens is 360 g/mol. The fraction of sp³-hybridized carbons (Fsp3) is 0.167. The molecule has 146 valence electrons. The van der Waals surface area contributed by atoms with E-state index < -0.39 is 0 Å². The normalized spacial score (nSPS) is 11.8. The Balaban J connectivity index is 1.58. The van der Waals surface area contributed by atoms with Gasteiger partial charge in [-0.25, -0.2) is 4.98 Å². The molecule has 5 heteroatoms. The molecule has 0 fully saturated rings. The topological polar surface area (TPSA) is 59.1 Å². The Hall–Kier alpha value is -3.60. The zero-order chi connectivity index (χ0) is 20.1. The number of hydrogen-bond donors (Lipinski definition) is 2. The number of hydrogen-bond acceptors (Lipinski definition) is 5. The largest absolute Gasteiger partial charge is 0.497 e. The van der Waals surface area contributed by atoms with Crippen LogP contribution in [0.25, 0.3) is 10.9 Å². The molecule has 2 N–H and O–H groups in total. The van der Waals surface area contributed by atoms with Crippen LogP contribution in [0.4, 0.5) is 11.8 Å². The smallest absolute Gasteiger partial charge is 0.225 e. The summed E-state index contributed by atoms with van der Waals surface area (Å²) in [5.41, 5.74) is 3.25. The third-order valence-corrected chi connectivity index (χ3v) is 4.87. The Morgan fingerprint density at radius 2 is 1.59 bits per heavy atom. The molecule has 3 aromatic carbocycles. The van der Waals surface area contributed by atoms with Crippen LogP contribution in [0.15, 0.2) is 78.9 Å². The van der Waals surface area contributed by atoms with Gasteiger partial charge in [0.2, 0.25) is 5.95 Å². The van der Waals surface area contributed by atoms with Gasteiger partial charge in [0.05, 0.1) is 12.6 Å². The first-order valence-electron chi connectivity index (χ1n) is 9.68. The van der Waals surface area contributed by atoms with E-state index in [-0.39, 0.29) is 6.04 Å². The molecule has 1 heterocycles. The standard InChI is InChI=1S/C24H24N4O/c1-17(19-8-4-3-5-9-19)26-23-21-10-6-7-11-22(21)27-24(28-23)25-16-18-12-14-20(29-2)15-13-18/h3-15,17H,16H2,1-2H3,(H2,25,26,27,28). The zero-order valence-electron chi connectivity index (χ0n) is 16.6. The fourth-order valence-corrected chi connectivity index (χ4v) is 3.22. The number of aromatic nitrogens is 2. The lowest BCUT2D eigenvalue weighted by atomic mass is 10.1. The molecule has 0 bridgehead atoms. The maximum Gasteiger partial charge on any atom is 0.225 e. The first-order valence-corrected chi connectivity index (χ1v) is 9.68. The molecule has 0 saturated carbocycles. The minimum Gasteiger partial charge on any atom is -0.497 e. The van der Waals surface area contributed by atoms with Crippen molar-refractivity contribution in [1.82, 2.24) is 9.97 Å². The predicted octanol–water partition coefficient (Wildman–Crippen LogP) is 5.42. The lowest BCUT2D eigenvalue weighted by Crippen LogP contribution is -2.11. The number of fused-ring (bicyclic) bond motifs is 1. The first-order chi connectivity index (χ1) is 14.2. The minimum absolute atomic E-state index is 0.129. The molecule has 0 amide bonds. The maximum absolute atomic E-state index is 5.22. The van der Waals surface area contributed by atoms with Gasteiger partial charge in [0.15, 0.2) is 0 Å². The summed E-state index contributed by atoms with van der Waals surface area (Å²) in [7, 11) is 1.67. The summed E-state index contributed by atoms with van der Waals surface area (Å²) in [4.78, 5) is 9.43. The van der Waals surface area contributed by atoms with E-state index >= 15 is 0 Å². The van der Waals surface area contributed by atoms with Gasteiger partial charge < -0.3 is 15.4 Å². The summed E-state index contributed by atoms with van der Waals surface area (Å²) in [5, 5.41) is 7.89. The van der Waals surface area contributed by atoms with Crippen molar-refractivity contribution in [2.24, 2.45) is 0 Å². The molecule has 0 aliphatic rings. The van der Waals surface area contributed by atoms with Gasteiger partial charge in [0.25, 0.3) is 0 Å². The van der Waals surface area contributed by atoms with E-state index in [4.69, 9.17) is 9.72 Å². The van der Waals surface area contributed by atoms with Crippen molar-refractivity contribution in [1.29, 1.82) is 0 Å². The van der Waals surface area contributed by atoms with E-state index in [0.29, 0.717) is 12.5 Å². The van der Waals surface area contributed by atoms with Crippen LogP contribution in [0, 0.1) is 0 Å². The maximum atomic E-state index is 5.22. The van der Waals surface area contributed by atoms with Crippen LogP contribution in [0.3, 0.4) is 0 Å². The summed E-state index contributed by atoms with van der Waals surface area (Å²) in [5.74, 6) is 2.27. The Kier molecular flexibility index (Phi) is 5.56. The average molecular weight is 384 g/mol. The number of benzene rings is 3. The van der Waals surface area contributed by atoms with Crippen LogP contribution >= 0.6 is 0 Å². The van der Waals surface area contributed by atoms with Crippen molar-refractivity contribution in [2.45, 2.75) is 19.5 Å². The Labute approximate surface area is 170 Å². The number of rotatable bonds is 7. The van der Waals surface area contributed by atoms with Gasteiger partial charge in [-0.15, -0.1) is 0 Å². The van der Waals surface area contributed by atoms with Crippen molar-refractivity contribution in [3.8, 4) is 5.75 Å². The highest BCUT2D eigenvalue weighted by atomic mass is 16.5. The van der Waals surface area contributed by atoms with Crippen LogP contribution in [-0.2, 0) is 6.54 Å². The fourth-order valence-electron chi connectivity index (χ4n) is 3.22. The van der Waals surface area contributed by atoms with Crippen molar-refractivity contribution in [3.63, 3.8) is 0 Å². The molecule has 29 heavy (non-hydrogen) atoms. The van der Waals surface area contributed by atoms with Gasteiger partial charge in [-0.2, -0.15) is 4.98 Å². The van der Waals surface area contributed by atoms with Gasteiger partial charge in [-0.05, 0) is 42.3 Å². The van der Waals surface area contributed by atoms with Crippen LogP contribution in [0.1, 0.15) is 24.1 Å². The molecule has 1 aromatic heterocycles. The molecular formula is C24H24N4O. The SMILES string of the molecule is COc1ccc(CNc2nc(NC(C)c3ccccc3)c3ccccc3n2)cc1. The third-order valence-electron chi connectivity index (χ3n) is 4.87. The quantitative estimate of drug-likeness (QED) is 0.445. The first kappa shape index (κ1) is 18.7. The van der Waals surface area contributed by atoms with Crippen LogP contribution < -0.4 is 15.4 Å². The van der Waals surface area contributed by atoms with Crippen molar-refractivity contribution < 1.29 is 4.74 Å². The van der Waals surface area contributed by atoms with Crippen molar-refractivity contribution >= 4 is 22.7 Å². The summed E-state index contributed by atoms with van der Waals surface area (Å²) >= 11 is 0. The molecule has 0 radical (unpaired) electrons. The van der Waals surface area contributed by atoms with E-state index in [9.17, 15) is 0 Å². The monoisotopic (exact) mass is 384 g/mol. The third kappa shape index (κ3) is 4.46. The van der Waals surface area contributed by atoms with Crippen LogP contribution in [-0.4, -0.2) is 17.1 Å². The highest BCUT2D eigenvalue weighted by molar-refractivity contribution is 5.90. The number of nitrogens with zero attached hydrogens (tertiary/aromatic N) is 2. The van der Waals surface area contributed by atoms with E-state index in [1.165, 1.54) is 5.56 Å². The summed E-state index contributed by atoms with van der Waals surface area (Å²) in [6.45, 7) is 2.77. The predicted molar refractivity (Wildman–Crippen MR) is 118 cm³/mol. The number of methoxy groups -OCH3 is 1. The van der Waals surface area contributed by atoms with E-state index in [2.05, 4.69) is 34.7 Å². The molecule has 0 aliphatic heterocycles. The second-order valence-corrected chi connectivity index (χ2v) is 6.89. The molecule has 4 aromatic rings. The van der Waals surface area contributed by atoms with Crippen molar-refractivity contribution in [2.75, 3.05) is 17.7 Å². The van der Waals surface area contributed by atoms with Crippen LogP contribution in [0.2, 0.25) is 0 Å². The van der Waals surface area contributed by atoms with E-state index in [1.807, 2.05) is 66.7 Å². The van der Waals surface area contributed by atoms with Gasteiger partial charge >= 0.3 is 0 Å². The Morgan fingerprint density at radius 1 is 0.862 bits per heavy atom. The molecule has 4 rings (SSSR count). The minimum atomic E-state index is 0.129. The van der Waals surface area contributed by atoms with E-state index in [1.54, 1.807) is 7.11 Å². The summed E-state index contributed by atoms with van der Waals surface area (Å²) in [6.07, 6.45) is 0. The second-order valence-electron chi connectivity index (χ2n) is 6.89. The number of anilines is 2. The zero-order valence-corrected chi connectivity index (χ0v) is 16.6. The molecule has 0 saturated heterocycles. The van der Waals surface area contributed by atoms with Gasteiger partial charge in [-0.3, -0.25) is 0 Å². The highest BCUT2D eigenvalue weighted by Crippen LogP contribution is 2.26.